The Labute approximate surface area is 146 Å². The molecule has 1 saturated heterocycles. The van der Waals surface area contributed by atoms with Gasteiger partial charge in [-0.25, -0.2) is 4.79 Å². The summed E-state index contributed by atoms with van der Waals surface area (Å²) in [4.78, 5) is 24.8. The van der Waals surface area contributed by atoms with Crippen molar-refractivity contribution in [3.63, 3.8) is 0 Å². The third-order valence-electron chi connectivity index (χ3n) is 3.55. The number of anilines is 1. The molecule has 1 fully saturated rings. The molecule has 0 aliphatic carbocycles. The van der Waals surface area contributed by atoms with E-state index in [2.05, 4.69) is 5.32 Å². The fraction of sp³-hybridized carbons (Fsp3) is 0.500. The van der Waals surface area contributed by atoms with Crippen LogP contribution in [0, 0.1) is 0 Å². The van der Waals surface area contributed by atoms with Crippen LogP contribution < -0.4 is 5.32 Å². The first-order chi connectivity index (χ1) is 11.4. The third-order valence-corrected chi connectivity index (χ3v) is 4.66. The third kappa shape index (κ3) is 5.70. The highest BCUT2D eigenvalue weighted by Crippen LogP contribution is 2.22. The number of hydrogen-bond acceptors (Lipinski definition) is 5. The predicted octanol–water partition coefficient (Wildman–Crippen LogP) is 2.43. The molecule has 1 aliphatic rings. The van der Waals surface area contributed by atoms with Gasteiger partial charge in [0.2, 0.25) is 5.91 Å². The van der Waals surface area contributed by atoms with Crippen LogP contribution in [0.5, 0.6) is 0 Å². The topological polar surface area (TPSA) is 92.8 Å². The molecule has 0 radical (unpaired) electrons. The minimum absolute atomic E-state index is 0.157. The van der Waals surface area contributed by atoms with E-state index < -0.39 is 33.1 Å². The summed E-state index contributed by atoms with van der Waals surface area (Å²) in [6.45, 7) is 5.29. The fourth-order valence-corrected chi connectivity index (χ4v) is 3.11. The van der Waals surface area contributed by atoms with Gasteiger partial charge in [-0.15, -0.1) is 3.89 Å². The van der Waals surface area contributed by atoms with Crippen molar-refractivity contribution in [1.82, 2.24) is 4.90 Å². The highest BCUT2D eigenvalue weighted by molar-refractivity contribution is 7.87. The molecule has 0 aromatic heterocycles. The highest BCUT2D eigenvalue weighted by Gasteiger charge is 2.38. The van der Waals surface area contributed by atoms with Crippen LogP contribution in [0.2, 0.25) is 0 Å². The Balaban J connectivity index is 1.95. The summed E-state index contributed by atoms with van der Waals surface area (Å²) in [5, 5.41) is 1.29. The quantitative estimate of drug-likeness (QED) is 0.820. The van der Waals surface area contributed by atoms with E-state index in [1.807, 2.05) is 0 Å². The molecule has 9 heteroatoms. The Morgan fingerprint density at radius 1 is 1.32 bits per heavy atom. The predicted molar refractivity (Wildman–Crippen MR) is 90.1 cm³/mol. The van der Waals surface area contributed by atoms with E-state index in [1.54, 1.807) is 45.0 Å². The SMILES string of the molecule is CC(C)(C)OC(=O)Nc1ccc(CN2CC(S(=O)(=O)F)CC2=O)cc1. The second-order valence-electron chi connectivity index (χ2n) is 6.90. The fourth-order valence-electron chi connectivity index (χ4n) is 2.41. The first-order valence-corrected chi connectivity index (χ1v) is 9.19. The molecule has 2 rings (SSSR count). The Kier molecular flexibility index (Phi) is 5.36. The maximum Gasteiger partial charge on any atom is 0.412 e. The molecule has 1 heterocycles. The van der Waals surface area contributed by atoms with Crippen LogP contribution >= 0.6 is 0 Å². The van der Waals surface area contributed by atoms with Crippen molar-refractivity contribution in [3.8, 4) is 0 Å². The lowest BCUT2D eigenvalue weighted by atomic mass is 10.2. The smallest absolute Gasteiger partial charge is 0.412 e. The van der Waals surface area contributed by atoms with Gasteiger partial charge in [-0.05, 0) is 38.5 Å². The largest absolute Gasteiger partial charge is 0.444 e. The Morgan fingerprint density at radius 2 is 1.92 bits per heavy atom. The normalized spacial score (nSPS) is 18.3. The number of amides is 2. The number of benzene rings is 1. The second-order valence-corrected chi connectivity index (χ2v) is 8.52. The van der Waals surface area contributed by atoms with Crippen molar-refractivity contribution in [3.05, 3.63) is 29.8 Å². The van der Waals surface area contributed by atoms with Gasteiger partial charge >= 0.3 is 16.3 Å². The van der Waals surface area contributed by atoms with Crippen molar-refractivity contribution in [2.75, 3.05) is 11.9 Å². The molecule has 1 aromatic carbocycles. The van der Waals surface area contributed by atoms with Crippen LogP contribution in [0.25, 0.3) is 0 Å². The number of carbonyl (C=O) groups excluding carboxylic acids is 2. The molecule has 1 unspecified atom stereocenters. The Morgan fingerprint density at radius 3 is 2.40 bits per heavy atom. The number of hydrogen-bond donors (Lipinski definition) is 1. The van der Waals surface area contributed by atoms with E-state index in [1.165, 1.54) is 4.90 Å². The highest BCUT2D eigenvalue weighted by atomic mass is 32.3. The molecular formula is C16H21FN2O5S. The van der Waals surface area contributed by atoms with E-state index >= 15 is 0 Å². The van der Waals surface area contributed by atoms with Gasteiger partial charge in [0.05, 0.1) is 0 Å². The summed E-state index contributed by atoms with van der Waals surface area (Å²) in [6.07, 6.45) is -0.914. The first kappa shape index (κ1) is 19.2. The number of carbonyl (C=O) groups is 2. The van der Waals surface area contributed by atoms with E-state index in [0.717, 1.165) is 5.56 Å². The molecule has 0 saturated carbocycles. The number of nitrogens with zero attached hydrogens (tertiary/aromatic N) is 1. The van der Waals surface area contributed by atoms with Crippen LogP contribution in [-0.4, -0.2) is 42.7 Å². The molecule has 25 heavy (non-hydrogen) atoms. The molecule has 1 atom stereocenters. The van der Waals surface area contributed by atoms with Gasteiger partial charge in [0.15, 0.2) is 0 Å². The molecule has 7 nitrogen and oxygen atoms in total. The van der Waals surface area contributed by atoms with Crippen LogP contribution in [0.1, 0.15) is 32.8 Å². The lowest BCUT2D eigenvalue weighted by Gasteiger charge is -2.20. The zero-order valence-electron chi connectivity index (χ0n) is 14.3. The average molecular weight is 372 g/mol. The molecule has 1 aliphatic heterocycles. The minimum atomic E-state index is -4.72. The summed E-state index contributed by atoms with van der Waals surface area (Å²) in [6, 6.07) is 6.67. The van der Waals surface area contributed by atoms with Gasteiger partial charge in [-0.1, -0.05) is 12.1 Å². The molecule has 138 valence electrons. The van der Waals surface area contributed by atoms with Crippen molar-refractivity contribution < 1.29 is 26.6 Å². The van der Waals surface area contributed by atoms with E-state index in [9.17, 15) is 21.9 Å². The molecular weight excluding hydrogens is 351 g/mol. The summed E-state index contributed by atoms with van der Waals surface area (Å²) >= 11 is 0. The lowest BCUT2D eigenvalue weighted by molar-refractivity contribution is -0.128. The van der Waals surface area contributed by atoms with Gasteiger partial charge in [-0.3, -0.25) is 10.1 Å². The van der Waals surface area contributed by atoms with E-state index in [0.29, 0.717) is 5.69 Å². The zero-order valence-corrected chi connectivity index (χ0v) is 15.1. The molecule has 0 spiro atoms. The Bertz CT molecular complexity index is 756. The maximum absolute atomic E-state index is 13.0. The number of ether oxygens (including phenoxy) is 1. The minimum Gasteiger partial charge on any atom is -0.444 e. The lowest BCUT2D eigenvalue weighted by Crippen LogP contribution is -2.27. The number of nitrogens with one attached hydrogen (secondary N) is 1. The van der Waals surface area contributed by atoms with Crippen molar-refractivity contribution >= 4 is 27.9 Å². The van der Waals surface area contributed by atoms with E-state index in [-0.39, 0.29) is 19.5 Å². The first-order valence-electron chi connectivity index (χ1n) is 7.74. The van der Waals surface area contributed by atoms with Gasteiger partial charge in [-0.2, -0.15) is 8.42 Å². The standard InChI is InChI=1S/C16H21FN2O5S/c1-16(2,3)24-15(21)18-12-6-4-11(5-7-12)9-19-10-13(8-14(19)20)25(17,22)23/h4-7,13H,8-10H2,1-3H3,(H,18,21). The monoisotopic (exact) mass is 372 g/mol. The van der Waals surface area contributed by atoms with Crippen molar-refractivity contribution in [1.29, 1.82) is 0 Å². The summed E-state index contributed by atoms with van der Waals surface area (Å²) in [5.74, 6) is -0.401. The molecule has 1 aromatic rings. The maximum atomic E-state index is 13.0. The van der Waals surface area contributed by atoms with Crippen LogP contribution in [0.4, 0.5) is 14.4 Å². The van der Waals surface area contributed by atoms with E-state index in [4.69, 9.17) is 4.74 Å². The van der Waals surface area contributed by atoms with Crippen LogP contribution in [0.15, 0.2) is 24.3 Å². The molecule has 1 N–H and O–H groups in total. The van der Waals surface area contributed by atoms with Crippen molar-refractivity contribution in [2.24, 2.45) is 0 Å². The number of halogens is 1. The molecule has 2 amide bonds. The van der Waals surface area contributed by atoms with Crippen LogP contribution in [0.3, 0.4) is 0 Å². The van der Waals surface area contributed by atoms with Gasteiger partial charge in [0.1, 0.15) is 10.9 Å². The Hall–Kier alpha value is -2.16. The summed E-state index contributed by atoms with van der Waals surface area (Å²) in [7, 11) is -4.72. The summed E-state index contributed by atoms with van der Waals surface area (Å²) < 4.78 is 40.0. The average Bonchev–Trinajstić information content (AvgIpc) is 2.80. The van der Waals surface area contributed by atoms with Gasteiger partial charge in [0, 0.05) is 25.2 Å². The van der Waals surface area contributed by atoms with Gasteiger partial charge in [0.25, 0.3) is 0 Å². The number of likely N-dealkylation sites (tertiary alicyclic amines) is 1. The second kappa shape index (κ2) is 6.99. The number of rotatable bonds is 4. The van der Waals surface area contributed by atoms with Crippen LogP contribution in [-0.2, 0) is 26.3 Å². The zero-order chi connectivity index (χ0) is 18.8. The van der Waals surface area contributed by atoms with Gasteiger partial charge < -0.3 is 9.64 Å². The molecule has 0 bridgehead atoms. The van der Waals surface area contributed by atoms with Crippen molar-refractivity contribution in [2.45, 2.75) is 44.6 Å². The summed E-state index contributed by atoms with van der Waals surface area (Å²) in [5.41, 5.74) is 0.655.